The number of halogens is 1. The number of nitrogens with two attached hydrogens (primary N) is 1. The van der Waals surface area contributed by atoms with E-state index in [0.29, 0.717) is 41.4 Å². The first-order chi connectivity index (χ1) is 12.9. The van der Waals surface area contributed by atoms with Gasteiger partial charge in [-0.1, -0.05) is 55.4 Å². The van der Waals surface area contributed by atoms with Gasteiger partial charge in [-0.05, 0) is 17.5 Å². The van der Waals surface area contributed by atoms with Gasteiger partial charge in [-0.15, -0.1) is 10.2 Å². The van der Waals surface area contributed by atoms with Crippen LogP contribution < -0.4 is 11.1 Å². The van der Waals surface area contributed by atoms with Crippen molar-refractivity contribution in [3.63, 3.8) is 0 Å². The van der Waals surface area contributed by atoms with E-state index in [1.807, 2.05) is 22.8 Å². The molecule has 7 nitrogen and oxygen atoms in total. The Bertz CT molecular complexity index is 794. The maximum Gasteiger partial charge on any atom is 0.230 e. The van der Waals surface area contributed by atoms with Crippen LogP contribution in [0.15, 0.2) is 29.4 Å². The quantitative estimate of drug-likeness (QED) is 0.586. The highest BCUT2D eigenvalue weighted by molar-refractivity contribution is 7.99. The third-order valence-electron chi connectivity index (χ3n) is 3.70. The number of carbonyl (C=O) groups is 2. The fourth-order valence-electron chi connectivity index (χ4n) is 2.41. The Morgan fingerprint density at radius 2 is 2.04 bits per heavy atom. The standard InChI is InChI=1S/C18H24ClN5O2S/c1-12(2)10-24-16(8-7-15(20)25)22-23-18(24)27-11-17(26)21-9-13-5-3-4-6-14(13)19/h3-6,12H,7-11H2,1-2H3,(H2,20,25)(H,21,26). The summed E-state index contributed by atoms with van der Waals surface area (Å²) in [7, 11) is 0. The highest BCUT2D eigenvalue weighted by Crippen LogP contribution is 2.20. The van der Waals surface area contributed by atoms with Crippen LogP contribution in [0.1, 0.15) is 31.7 Å². The summed E-state index contributed by atoms with van der Waals surface area (Å²) in [5.41, 5.74) is 6.09. The highest BCUT2D eigenvalue weighted by atomic mass is 35.5. The van der Waals surface area contributed by atoms with Crippen LogP contribution in [0.3, 0.4) is 0 Å². The summed E-state index contributed by atoms with van der Waals surface area (Å²) in [6.07, 6.45) is 0.660. The van der Waals surface area contributed by atoms with E-state index in [2.05, 4.69) is 29.4 Å². The van der Waals surface area contributed by atoms with E-state index in [4.69, 9.17) is 17.3 Å². The summed E-state index contributed by atoms with van der Waals surface area (Å²) in [6.45, 7) is 5.26. The summed E-state index contributed by atoms with van der Waals surface area (Å²) in [4.78, 5) is 23.2. The minimum Gasteiger partial charge on any atom is -0.370 e. The predicted molar refractivity (Wildman–Crippen MR) is 106 cm³/mol. The molecule has 1 aromatic carbocycles. The van der Waals surface area contributed by atoms with Gasteiger partial charge in [0.05, 0.1) is 5.75 Å². The van der Waals surface area contributed by atoms with E-state index in [1.54, 1.807) is 6.07 Å². The Labute approximate surface area is 168 Å². The SMILES string of the molecule is CC(C)Cn1c(CCC(N)=O)nnc1SCC(=O)NCc1ccccc1Cl. The molecule has 146 valence electrons. The zero-order chi connectivity index (χ0) is 19.8. The van der Waals surface area contributed by atoms with Crippen LogP contribution in [0.2, 0.25) is 5.02 Å². The van der Waals surface area contributed by atoms with Crippen molar-refractivity contribution in [2.75, 3.05) is 5.75 Å². The molecule has 0 spiro atoms. The zero-order valence-corrected chi connectivity index (χ0v) is 17.0. The molecule has 2 aromatic rings. The maximum absolute atomic E-state index is 12.2. The van der Waals surface area contributed by atoms with Crippen molar-refractivity contribution in [2.24, 2.45) is 11.7 Å². The van der Waals surface area contributed by atoms with Gasteiger partial charge in [0, 0.05) is 31.0 Å². The predicted octanol–water partition coefficient (Wildman–Crippen LogP) is 2.41. The van der Waals surface area contributed by atoms with Crippen molar-refractivity contribution in [3.8, 4) is 0 Å². The van der Waals surface area contributed by atoms with Gasteiger partial charge in [0.15, 0.2) is 5.16 Å². The molecule has 0 saturated carbocycles. The van der Waals surface area contributed by atoms with Crippen LogP contribution in [-0.2, 0) is 29.1 Å². The molecule has 0 fully saturated rings. The summed E-state index contributed by atoms with van der Waals surface area (Å²) >= 11 is 7.41. The molecule has 1 heterocycles. The third kappa shape index (κ3) is 6.88. The van der Waals surface area contributed by atoms with Gasteiger partial charge in [-0.2, -0.15) is 0 Å². The largest absolute Gasteiger partial charge is 0.370 e. The number of nitrogens with one attached hydrogen (secondary N) is 1. The van der Waals surface area contributed by atoms with Gasteiger partial charge >= 0.3 is 0 Å². The molecule has 0 aliphatic rings. The monoisotopic (exact) mass is 409 g/mol. The normalized spacial score (nSPS) is 11.0. The second kappa shape index (κ2) is 10.3. The Hall–Kier alpha value is -2.06. The van der Waals surface area contributed by atoms with Crippen molar-refractivity contribution < 1.29 is 9.59 Å². The minimum absolute atomic E-state index is 0.113. The second-order valence-corrected chi connectivity index (χ2v) is 7.88. The van der Waals surface area contributed by atoms with E-state index in [9.17, 15) is 9.59 Å². The second-order valence-electron chi connectivity index (χ2n) is 6.53. The van der Waals surface area contributed by atoms with Gasteiger partial charge in [0.25, 0.3) is 0 Å². The van der Waals surface area contributed by atoms with E-state index >= 15 is 0 Å². The summed E-state index contributed by atoms with van der Waals surface area (Å²) < 4.78 is 1.96. The lowest BCUT2D eigenvalue weighted by atomic mass is 10.2. The van der Waals surface area contributed by atoms with E-state index in [-0.39, 0.29) is 24.0 Å². The number of hydrogen-bond donors (Lipinski definition) is 2. The molecule has 1 aromatic heterocycles. The number of aromatic nitrogens is 3. The molecule has 0 aliphatic carbocycles. The number of nitrogens with zero attached hydrogens (tertiary/aromatic N) is 3. The van der Waals surface area contributed by atoms with Gasteiger partial charge in [0.1, 0.15) is 5.82 Å². The fraction of sp³-hybridized carbons (Fsp3) is 0.444. The first-order valence-corrected chi connectivity index (χ1v) is 10.1. The molecule has 0 saturated heterocycles. The first kappa shape index (κ1) is 21.2. The average molecular weight is 410 g/mol. The number of aryl methyl sites for hydroxylation is 1. The van der Waals surface area contributed by atoms with E-state index in [0.717, 1.165) is 5.56 Å². The lowest BCUT2D eigenvalue weighted by Crippen LogP contribution is -2.25. The summed E-state index contributed by atoms with van der Waals surface area (Å²) in [6, 6.07) is 7.39. The molecule has 27 heavy (non-hydrogen) atoms. The Morgan fingerprint density at radius 1 is 1.30 bits per heavy atom. The van der Waals surface area contributed by atoms with E-state index in [1.165, 1.54) is 11.8 Å². The van der Waals surface area contributed by atoms with Gasteiger partial charge in [0.2, 0.25) is 11.8 Å². The van der Waals surface area contributed by atoms with Crippen LogP contribution in [-0.4, -0.2) is 32.3 Å². The minimum atomic E-state index is -0.373. The van der Waals surface area contributed by atoms with Gasteiger partial charge < -0.3 is 15.6 Å². The summed E-state index contributed by atoms with van der Waals surface area (Å²) in [5.74, 6) is 0.819. The van der Waals surface area contributed by atoms with Crippen molar-refractivity contribution >= 4 is 35.2 Å². The molecule has 0 atom stereocenters. The Kier molecular flexibility index (Phi) is 8.12. The Balaban J connectivity index is 1.94. The smallest absolute Gasteiger partial charge is 0.230 e. The molecular formula is C18H24ClN5O2S. The molecule has 0 bridgehead atoms. The fourth-order valence-corrected chi connectivity index (χ4v) is 3.41. The molecular weight excluding hydrogens is 386 g/mol. The summed E-state index contributed by atoms with van der Waals surface area (Å²) in [5, 5.41) is 12.5. The highest BCUT2D eigenvalue weighted by Gasteiger charge is 2.16. The number of primary amides is 1. The number of benzene rings is 1. The van der Waals surface area contributed by atoms with Crippen LogP contribution in [0.5, 0.6) is 0 Å². The van der Waals surface area contributed by atoms with Crippen molar-refractivity contribution in [2.45, 2.75) is 44.9 Å². The van der Waals surface area contributed by atoms with Crippen molar-refractivity contribution in [1.82, 2.24) is 20.1 Å². The zero-order valence-electron chi connectivity index (χ0n) is 15.4. The van der Waals surface area contributed by atoms with Crippen molar-refractivity contribution in [1.29, 1.82) is 0 Å². The topological polar surface area (TPSA) is 103 Å². The van der Waals surface area contributed by atoms with Crippen LogP contribution in [0.25, 0.3) is 0 Å². The first-order valence-electron chi connectivity index (χ1n) is 8.70. The third-order valence-corrected chi connectivity index (χ3v) is 5.04. The van der Waals surface area contributed by atoms with Gasteiger partial charge in [-0.3, -0.25) is 9.59 Å². The molecule has 9 heteroatoms. The van der Waals surface area contributed by atoms with Crippen LogP contribution >= 0.6 is 23.4 Å². The lowest BCUT2D eigenvalue weighted by molar-refractivity contribution is -0.119. The van der Waals surface area contributed by atoms with Gasteiger partial charge in [-0.25, -0.2) is 0 Å². The molecule has 0 unspecified atom stereocenters. The van der Waals surface area contributed by atoms with E-state index < -0.39 is 0 Å². The maximum atomic E-state index is 12.2. The molecule has 2 rings (SSSR count). The Morgan fingerprint density at radius 3 is 2.70 bits per heavy atom. The number of thioether (sulfide) groups is 1. The molecule has 2 amide bonds. The number of carbonyl (C=O) groups excluding carboxylic acids is 2. The van der Waals surface area contributed by atoms with Crippen molar-refractivity contribution in [3.05, 3.63) is 40.7 Å². The number of amides is 2. The average Bonchev–Trinajstić information content (AvgIpc) is 2.98. The van der Waals surface area contributed by atoms with Crippen LogP contribution in [0.4, 0.5) is 0 Å². The molecule has 0 aliphatic heterocycles. The van der Waals surface area contributed by atoms with Crippen LogP contribution in [0, 0.1) is 5.92 Å². The molecule has 3 N–H and O–H groups in total. The number of hydrogen-bond acceptors (Lipinski definition) is 5. The lowest BCUT2D eigenvalue weighted by Gasteiger charge is -2.12. The number of rotatable bonds is 10. The molecule has 0 radical (unpaired) electrons.